The van der Waals surface area contributed by atoms with Crippen molar-refractivity contribution in [2.24, 2.45) is 0 Å². The standard InChI is InChI=1S/C18H27NO4/c1-13(2)23-12-17(20)19-11-5-6-16(19)18(3,21)14-7-9-15(22-4)10-8-14/h7-10,13,16,21H,5-6,11-12H2,1-4H3/t16-,18+/m1/s1. The predicted molar refractivity (Wildman–Crippen MR) is 88.4 cm³/mol. The Hall–Kier alpha value is -1.59. The van der Waals surface area contributed by atoms with E-state index in [1.165, 1.54) is 0 Å². The number of hydrogen-bond donors (Lipinski definition) is 1. The fraction of sp³-hybridized carbons (Fsp3) is 0.611. The first-order valence-corrected chi connectivity index (χ1v) is 8.14. The minimum atomic E-state index is -1.10. The molecule has 0 unspecified atom stereocenters. The lowest BCUT2D eigenvalue weighted by molar-refractivity contribution is -0.144. The molecule has 23 heavy (non-hydrogen) atoms. The summed E-state index contributed by atoms with van der Waals surface area (Å²) in [5, 5.41) is 11.1. The van der Waals surface area contributed by atoms with Crippen molar-refractivity contribution < 1.29 is 19.4 Å². The van der Waals surface area contributed by atoms with E-state index in [0.29, 0.717) is 6.54 Å². The lowest BCUT2D eigenvalue weighted by atomic mass is 9.86. The molecule has 1 aliphatic rings. The Morgan fingerprint density at radius 2 is 2.04 bits per heavy atom. The van der Waals surface area contributed by atoms with E-state index < -0.39 is 5.60 Å². The van der Waals surface area contributed by atoms with Crippen LogP contribution in [0.5, 0.6) is 5.75 Å². The van der Waals surface area contributed by atoms with Gasteiger partial charge in [-0.3, -0.25) is 4.79 Å². The highest BCUT2D eigenvalue weighted by atomic mass is 16.5. The average molecular weight is 321 g/mol. The molecule has 0 aromatic heterocycles. The summed E-state index contributed by atoms with van der Waals surface area (Å²) in [4.78, 5) is 14.2. The third kappa shape index (κ3) is 4.03. The van der Waals surface area contributed by atoms with Crippen LogP contribution in [0, 0.1) is 0 Å². The van der Waals surface area contributed by atoms with Crippen molar-refractivity contribution in [1.82, 2.24) is 4.90 Å². The normalized spacial score (nSPS) is 20.6. The minimum absolute atomic E-state index is 0.0158. The van der Waals surface area contributed by atoms with Gasteiger partial charge < -0.3 is 19.5 Å². The molecule has 0 saturated carbocycles. The van der Waals surface area contributed by atoms with Crippen molar-refractivity contribution in [3.05, 3.63) is 29.8 Å². The second-order valence-corrected chi connectivity index (χ2v) is 6.48. The van der Waals surface area contributed by atoms with Crippen LogP contribution in [0.15, 0.2) is 24.3 Å². The number of ether oxygens (including phenoxy) is 2. The van der Waals surface area contributed by atoms with Gasteiger partial charge in [-0.25, -0.2) is 0 Å². The monoisotopic (exact) mass is 321 g/mol. The smallest absolute Gasteiger partial charge is 0.248 e. The van der Waals surface area contributed by atoms with Crippen LogP contribution in [0.2, 0.25) is 0 Å². The van der Waals surface area contributed by atoms with Crippen LogP contribution in [-0.4, -0.2) is 48.3 Å². The molecule has 1 saturated heterocycles. The van der Waals surface area contributed by atoms with Gasteiger partial charge in [0.25, 0.3) is 0 Å². The molecule has 1 N–H and O–H groups in total. The van der Waals surface area contributed by atoms with E-state index in [1.807, 2.05) is 38.1 Å². The van der Waals surface area contributed by atoms with Crippen molar-refractivity contribution in [3.63, 3.8) is 0 Å². The van der Waals surface area contributed by atoms with Crippen molar-refractivity contribution >= 4 is 5.91 Å². The Morgan fingerprint density at radius 3 is 2.61 bits per heavy atom. The van der Waals surface area contributed by atoms with Gasteiger partial charge >= 0.3 is 0 Å². The summed E-state index contributed by atoms with van der Waals surface area (Å²) in [6.45, 7) is 6.31. The summed E-state index contributed by atoms with van der Waals surface area (Å²) in [5.41, 5.74) is -0.316. The predicted octanol–water partition coefficient (Wildman–Crippen LogP) is 2.32. The summed E-state index contributed by atoms with van der Waals surface area (Å²) in [5.74, 6) is 0.684. The van der Waals surface area contributed by atoms with Crippen LogP contribution in [0.1, 0.15) is 39.2 Å². The molecule has 1 aromatic carbocycles. The SMILES string of the molecule is COc1ccc([C@](C)(O)[C@H]2CCCN2C(=O)COC(C)C)cc1. The maximum Gasteiger partial charge on any atom is 0.248 e. The van der Waals surface area contributed by atoms with E-state index >= 15 is 0 Å². The number of amides is 1. The van der Waals surface area contributed by atoms with Gasteiger partial charge in [-0.05, 0) is 51.3 Å². The lowest BCUT2D eigenvalue weighted by Gasteiger charge is -2.37. The Kier molecular flexibility index (Phi) is 5.65. The third-order valence-electron chi connectivity index (χ3n) is 4.44. The first-order chi connectivity index (χ1) is 10.9. The first kappa shape index (κ1) is 17.8. The van der Waals surface area contributed by atoms with Gasteiger partial charge in [0.1, 0.15) is 18.0 Å². The topological polar surface area (TPSA) is 59.0 Å². The maximum absolute atomic E-state index is 12.4. The van der Waals surface area contributed by atoms with Gasteiger partial charge in [0.05, 0.1) is 19.3 Å². The number of rotatable bonds is 6. The minimum Gasteiger partial charge on any atom is -0.497 e. The highest BCUT2D eigenvalue weighted by molar-refractivity contribution is 5.78. The van der Waals surface area contributed by atoms with E-state index in [1.54, 1.807) is 18.9 Å². The molecule has 0 radical (unpaired) electrons. The number of benzene rings is 1. The second kappa shape index (κ2) is 7.32. The van der Waals surface area contributed by atoms with E-state index in [9.17, 15) is 9.90 Å². The Labute approximate surface area is 138 Å². The average Bonchev–Trinajstić information content (AvgIpc) is 3.03. The maximum atomic E-state index is 12.4. The van der Waals surface area contributed by atoms with Crippen molar-refractivity contribution in [2.45, 2.75) is 51.4 Å². The molecule has 1 aromatic rings. The summed E-state index contributed by atoms with van der Waals surface area (Å²) in [7, 11) is 1.61. The molecular formula is C18H27NO4. The van der Waals surface area contributed by atoms with Gasteiger partial charge in [0.2, 0.25) is 5.91 Å². The molecule has 1 heterocycles. The summed E-state index contributed by atoms with van der Waals surface area (Å²) < 4.78 is 10.6. The zero-order valence-corrected chi connectivity index (χ0v) is 14.4. The zero-order chi connectivity index (χ0) is 17.0. The highest BCUT2D eigenvalue weighted by Crippen LogP contribution is 2.35. The number of carbonyl (C=O) groups is 1. The van der Waals surface area contributed by atoms with E-state index in [0.717, 1.165) is 24.2 Å². The molecule has 1 aliphatic heterocycles. The highest BCUT2D eigenvalue weighted by Gasteiger charge is 2.42. The van der Waals surface area contributed by atoms with Gasteiger partial charge in [-0.15, -0.1) is 0 Å². The van der Waals surface area contributed by atoms with Crippen LogP contribution in [0.3, 0.4) is 0 Å². The van der Waals surface area contributed by atoms with Crippen molar-refractivity contribution in [3.8, 4) is 5.75 Å². The number of methoxy groups -OCH3 is 1. The Morgan fingerprint density at radius 1 is 1.39 bits per heavy atom. The van der Waals surface area contributed by atoms with Crippen LogP contribution in [0.25, 0.3) is 0 Å². The third-order valence-corrected chi connectivity index (χ3v) is 4.44. The largest absolute Gasteiger partial charge is 0.497 e. The lowest BCUT2D eigenvalue weighted by Crippen LogP contribution is -2.49. The molecule has 0 spiro atoms. The van der Waals surface area contributed by atoms with Gasteiger partial charge in [0, 0.05) is 6.54 Å². The molecule has 2 rings (SSSR count). The Balaban J connectivity index is 2.14. The molecule has 128 valence electrons. The number of carbonyl (C=O) groups excluding carboxylic acids is 1. The van der Waals surface area contributed by atoms with Crippen LogP contribution < -0.4 is 4.74 Å². The number of hydrogen-bond acceptors (Lipinski definition) is 4. The van der Waals surface area contributed by atoms with Crippen molar-refractivity contribution in [1.29, 1.82) is 0 Å². The summed E-state index contributed by atoms with van der Waals surface area (Å²) in [6.07, 6.45) is 1.69. The van der Waals surface area contributed by atoms with Gasteiger partial charge in [-0.2, -0.15) is 0 Å². The molecule has 1 amide bonds. The zero-order valence-electron chi connectivity index (χ0n) is 14.4. The molecule has 5 heteroatoms. The van der Waals surface area contributed by atoms with Crippen LogP contribution in [0.4, 0.5) is 0 Å². The number of nitrogens with zero attached hydrogens (tertiary/aromatic N) is 1. The quantitative estimate of drug-likeness (QED) is 0.873. The number of aliphatic hydroxyl groups is 1. The second-order valence-electron chi connectivity index (χ2n) is 6.48. The number of likely N-dealkylation sites (tertiary alicyclic amines) is 1. The summed E-state index contributed by atoms with van der Waals surface area (Å²) >= 11 is 0. The molecule has 5 nitrogen and oxygen atoms in total. The fourth-order valence-corrected chi connectivity index (χ4v) is 3.09. The molecule has 0 bridgehead atoms. The molecule has 2 atom stereocenters. The van der Waals surface area contributed by atoms with E-state index in [-0.39, 0.29) is 24.7 Å². The Bertz CT molecular complexity index is 524. The fourth-order valence-electron chi connectivity index (χ4n) is 3.09. The van der Waals surface area contributed by atoms with E-state index in [4.69, 9.17) is 9.47 Å². The van der Waals surface area contributed by atoms with Crippen molar-refractivity contribution in [2.75, 3.05) is 20.3 Å². The molecular weight excluding hydrogens is 294 g/mol. The van der Waals surface area contributed by atoms with Gasteiger partial charge in [-0.1, -0.05) is 12.1 Å². The first-order valence-electron chi connectivity index (χ1n) is 8.14. The van der Waals surface area contributed by atoms with E-state index in [2.05, 4.69) is 0 Å². The van der Waals surface area contributed by atoms with Gasteiger partial charge in [0.15, 0.2) is 0 Å². The summed E-state index contributed by atoms with van der Waals surface area (Å²) in [6, 6.07) is 7.12. The van der Waals surface area contributed by atoms with Crippen LogP contribution in [-0.2, 0) is 15.1 Å². The molecule has 0 aliphatic carbocycles. The molecule has 1 fully saturated rings. The van der Waals surface area contributed by atoms with Crippen LogP contribution >= 0.6 is 0 Å².